The Kier molecular flexibility index (Phi) is 6.92. The van der Waals surface area contributed by atoms with Crippen LogP contribution in [0.3, 0.4) is 0 Å². The molecule has 0 unspecified atom stereocenters. The van der Waals surface area contributed by atoms with Crippen LogP contribution >= 0.6 is 23.4 Å². The maximum absolute atomic E-state index is 12.8. The minimum absolute atomic E-state index is 0.0201. The van der Waals surface area contributed by atoms with Crippen molar-refractivity contribution in [3.05, 3.63) is 104 Å². The summed E-state index contributed by atoms with van der Waals surface area (Å²) in [4.78, 5) is 36.3. The average molecular weight is 531 g/mol. The number of nitro groups is 1. The van der Waals surface area contributed by atoms with Crippen molar-refractivity contribution in [3.8, 4) is 5.75 Å². The quantitative estimate of drug-likeness (QED) is 0.175. The highest BCUT2D eigenvalue weighted by Gasteiger charge is 2.35. The normalized spacial score (nSPS) is 15.0. The zero-order valence-electron chi connectivity index (χ0n) is 17.7. The maximum Gasteiger partial charge on any atom is 0.339 e. The molecule has 1 fully saturated rings. The molecule has 2 amide bonds. The summed E-state index contributed by atoms with van der Waals surface area (Å²) in [6.45, 7) is 0.0201. The molecule has 0 aromatic heterocycles. The summed E-state index contributed by atoms with van der Waals surface area (Å²) in [5.41, 5.74) is 0.649. The van der Waals surface area contributed by atoms with Gasteiger partial charge in [-0.25, -0.2) is 0 Å². The summed E-state index contributed by atoms with van der Waals surface area (Å²) >= 11 is 6.89. The van der Waals surface area contributed by atoms with Crippen molar-refractivity contribution in [2.75, 3.05) is 0 Å². The van der Waals surface area contributed by atoms with Gasteiger partial charge in [0.2, 0.25) is 0 Å². The predicted octanol–water partition coefficient (Wildman–Crippen LogP) is 5.25. The van der Waals surface area contributed by atoms with E-state index in [9.17, 15) is 28.1 Å². The fourth-order valence-electron chi connectivity index (χ4n) is 3.17. The van der Waals surface area contributed by atoms with Crippen LogP contribution in [0.5, 0.6) is 5.75 Å². The molecule has 0 N–H and O–H groups in total. The molecule has 1 saturated heterocycles. The molecule has 9 nitrogen and oxygen atoms in total. The summed E-state index contributed by atoms with van der Waals surface area (Å²) in [6, 6.07) is 17.2. The van der Waals surface area contributed by atoms with Gasteiger partial charge >= 0.3 is 10.1 Å². The van der Waals surface area contributed by atoms with Crippen molar-refractivity contribution in [3.63, 3.8) is 0 Å². The summed E-state index contributed by atoms with van der Waals surface area (Å²) in [7, 11) is -4.35. The molecular weight excluding hydrogens is 516 g/mol. The molecule has 0 bridgehead atoms. The molecule has 3 aromatic carbocycles. The van der Waals surface area contributed by atoms with E-state index in [2.05, 4.69) is 0 Å². The number of hydrogen-bond acceptors (Lipinski definition) is 8. The number of non-ortho nitro benzene ring substituents is 1. The number of rotatable bonds is 7. The molecule has 35 heavy (non-hydrogen) atoms. The first kappa shape index (κ1) is 24.5. The molecule has 0 radical (unpaired) electrons. The summed E-state index contributed by atoms with van der Waals surface area (Å²) in [5.74, 6) is -0.573. The fraction of sp³-hybridized carbons (Fsp3) is 0.0435. The predicted molar refractivity (Wildman–Crippen MR) is 130 cm³/mol. The van der Waals surface area contributed by atoms with Gasteiger partial charge in [0.05, 0.1) is 16.4 Å². The van der Waals surface area contributed by atoms with Crippen molar-refractivity contribution in [2.24, 2.45) is 0 Å². The Bertz CT molecular complexity index is 1490. The van der Waals surface area contributed by atoms with E-state index in [1.54, 1.807) is 30.3 Å². The lowest BCUT2D eigenvalue weighted by Crippen LogP contribution is -2.27. The maximum atomic E-state index is 12.8. The topological polar surface area (TPSA) is 124 Å². The van der Waals surface area contributed by atoms with E-state index < -0.39 is 31.9 Å². The zero-order chi connectivity index (χ0) is 25.2. The van der Waals surface area contributed by atoms with E-state index in [0.29, 0.717) is 16.1 Å². The van der Waals surface area contributed by atoms with E-state index in [1.807, 2.05) is 0 Å². The Labute approximate surface area is 209 Å². The van der Waals surface area contributed by atoms with E-state index in [4.69, 9.17) is 15.8 Å². The number of benzene rings is 3. The van der Waals surface area contributed by atoms with E-state index in [1.165, 1.54) is 42.5 Å². The van der Waals surface area contributed by atoms with Crippen LogP contribution in [0.1, 0.15) is 11.1 Å². The van der Waals surface area contributed by atoms with Crippen LogP contribution < -0.4 is 4.18 Å². The lowest BCUT2D eigenvalue weighted by Gasteiger charge is -2.13. The number of thioether (sulfide) groups is 1. The molecule has 1 aliphatic heterocycles. The van der Waals surface area contributed by atoms with Crippen LogP contribution in [0, 0.1) is 10.1 Å². The number of nitro benzene ring substituents is 1. The van der Waals surface area contributed by atoms with Gasteiger partial charge in [0.1, 0.15) is 10.6 Å². The van der Waals surface area contributed by atoms with Crippen LogP contribution in [0.25, 0.3) is 6.08 Å². The van der Waals surface area contributed by atoms with Gasteiger partial charge in [-0.05, 0) is 53.2 Å². The number of imide groups is 1. The Morgan fingerprint density at radius 1 is 1.03 bits per heavy atom. The molecule has 0 spiro atoms. The number of halogens is 1. The van der Waals surface area contributed by atoms with Gasteiger partial charge in [-0.15, -0.1) is 0 Å². The fourth-order valence-corrected chi connectivity index (χ4v) is 5.17. The van der Waals surface area contributed by atoms with Crippen molar-refractivity contribution in [1.29, 1.82) is 0 Å². The van der Waals surface area contributed by atoms with Gasteiger partial charge in [-0.1, -0.05) is 48.0 Å². The second-order valence-corrected chi connectivity index (χ2v) is 10.2. The van der Waals surface area contributed by atoms with Crippen molar-refractivity contribution in [1.82, 2.24) is 4.90 Å². The van der Waals surface area contributed by atoms with Gasteiger partial charge in [-0.2, -0.15) is 8.42 Å². The summed E-state index contributed by atoms with van der Waals surface area (Å²) in [6.07, 6.45) is 1.45. The lowest BCUT2D eigenvalue weighted by molar-refractivity contribution is -0.385. The third-order valence-corrected chi connectivity index (χ3v) is 7.36. The van der Waals surface area contributed by atoms with Gasteiger partial charge in [0.15, 0.2) is 0 Å². The van der Waals surface area contributed by atoms with E-state index in [0.717, 1.165) is 22.7 Å². The Morgan fingerprint density at radius 3 is 2.51 bits per heavy atom. The third-order valence-electron chi connectivity index (χ3n) is 4.84. The van der Waals surface area contributed by atoms with Crippen molar-refractivity contribution < 1.29 is 27.1 Å². The Hall–Kier alpha value is -3.67. The second kappa shape index (κ2) is 9.90. The monoisotopic (exact) mass is 530 g/mol. The molecule has 178 valence electrons. The summed E-state index contributed by atoms with van der Waals surface area (Å²) in [5, 5.41) is 10.9. The molecule has 0 aliphatic carbocycles. The smallest absolute Gasteiger partial charge is 0.339 e. The van der Waals surface area contributed by atoms with Crippen LogP contribution in [-0.2, 0) is 21.5 Å². The molecule has 3 aromatic rings. The lowest BCUT2D eigenvalue weighted by atomic mass is 10.2. The first-order valence-corrected chi connectivity index (χ1v) is 12.5. The van der Waals surface area contributed by atoms with Crippen molar-refractivity contribution >= 4 is 56.4 Å². The third kappa shape index (κ3) is 5.53. The first-order chi connectivity index (χ1) is 16.6. The number of carbonyl (C=O) groups is 2. The van der Waals surface area contributed by atoms with Gasteiger partial charge in [0, 0.05) is 17.2 Å². The highest BCUT2D eigenvalue weighted by Crippen LogP contribution is 2.34. The van der Waals surface area contributed by atoms with Gasteiger partial charge < -0.3 is 4.18 Å². The van der Waals surface area contributed by atoms with Crippen LogP contribution in [0.4, 0.5) is 10.5 Å². The number of nitrogens with zero attached hydrogens (tertiary/aromatic N) is 2. The number of carbonyl (C=O) groups excluding carboxylic acids is 2. The van der Waals surface area contributed by atoms with Gasteiger partial charge in [-0.3, -0.25) is 24.6 Å². The summed E-state index contributed by atoms with van der Waals surface area (Å²) < 4.78 is 30.3. The minimum Gasteiger partial charge on any atom is -0.379 e. The van der Waals surface area contributed by atoms with Crippen LogP contribution in [0.15, 0.2) is 82.6 Å². The first-order valence-electron chi connectivity index (χ1n) is 9.92. The highest BCUT2D eigenvalue weighted by atomic mass is 35.5. The average Bonchev–Trinajstić information content (AvgIpc) is 3.07. The largest absolute Gasteiger partial charge is 0.379 e. The van der Waals surface area contributed by atoms with E-state index >= 15 is 0 Å². The number of hydrogen-bond donors (Lipinski definition) is 0. The molecule has 1 heterocycles. The molecule has 0 saturated carbocycles. The minimum atomic E-state index is -4.35. The molecule has 0 atom stereocenters. The standard InChI is InChI=1S/C23H15ClN2O7S2/c24-20-10-2-1-6-16(20)14-25-22(27)21(34-23(25)28)12-15-5-3-8-18(11-15)33-35(31,32)19-9-4-7-17(13-19)26(29)30/h1-13H,14H2/b21-12-. The number of amides is 2. The molecule has 1 aliphatic rings. The SMILES string of the molecule is O=C1S/C(=C\c2cccc(OS(=O)(=O)c3cccc([N+](=O)[O-])c3)c2)C(=O)N1Cc1ccccc1Cl. The van der Waals surface area contributed by atoms with Crippen molar-refractivity contribution in [2.45, 2.75) is 11.4 Å². The van der Waals surface area contributed by atoms with Gasteiger partial charge in [0.25, 0.3) is 16.8 Å². The van der Waals surface area contributed by atoms with E-state index in [-0.39, 0.29) is 22.1 Å². The highest BCUT2D eigenvalue weighted by molar-refractivity contribution is 8.18. The molecular formula is C23H15ClN2O7S2. The molecule has 4 rings (SSSR count). The van der Waals surface area contributed by atoms with Crippen LogP contribution in [0.2, 0.25) is 5.02 Å². The second-order valence-electron chi connectivity index (χ2n) is 7.22. The Balaban J connectivity index is 1.54. The van der Waals surface area contributed by atoms with Crippen LogP contribution in [-0.4, -0.2) is 29.4 Å². The molecule has 12 heteroatoms. The Morgan fingerprint density at radius 2 is 1.77 bits per heavy atom. The zero-order valence-corrected chi connectivity index (χ0v) is 20.0.